The van der Waals surface area contributed by atoms with E-state index in [9.17, 15) is 0 Å². The lowest BCUT2D eigenvalue weighted by Gasteiger charge is -2.39. The summed E-state index contributed by atoms with van der Waals surface area (Å²) in [5.41, 5.74) is 0. The molecule has 0 N–H and O–H groups in total. The summed E-state index contributed by atoms with van der Waals surface area (Å²) < 4.78 is 0. The predicted molar refractivity (Wildman–Crippen MR) is 71.9 cm³/mol. The second-order valence-electron chi connectivity index (χ2n) is 5.34. The number of hydrogen-bond donors (Lipinski definition) is 0. The fourth-order valence-corrected chi connectivity index (χ4v) is 2.64. The molecule has 2 rings (SSSR count). The van der Waals surface area contributed by atoms with Crippen molar-refractivity contribution in [2.45, 2.75) is 58.4 Å². The molecule has 0 radical (unpaired) electrons. The molecule has 2 heteroatoms. The van der Waals surface area contributed by atoms with Crippen molar-refractivity contribution < 1.29 is 0 Å². The van der Waals surface area contributed by atoms with Gasteiger partial charge in [-0.3, -0.25) is 0 Å². The number of likely N-dealkylation sites (tertiary alicyclic amines) is 2. The molecule has 2 nitrogen and oxygen atoms in total. The Hall–Kier alpha value is -0.0800. The summed E-state index contributed by atoms with van der Waals surface area (Å²) in [6.07, 6.45) is 8.38. The maximum Gasteiger partial charge on any atom is 0.0120 e. The van der Waals surface area contributed by atoms with Crippen molar-refractivity contribution >= 4 is 0 Å². The molecule has 16 heavy (non-hydrogen) atoms. The number of rotatable bonds is 1. The monoisotopic (exact) mass is 226 g/mol. The van der Waals surface area contributed by atoms with Gasteiger partial charge in [-0.05, 0) is 58.9 Å². The molecule has 0 aromatic rings. The summed E-state index contributed by atoms with van der Waals surface area (Å²) in [4.78, 5) is 5.19. The summed E-state index contributed by atoms with van der Waals surface area (Å²) >= 11 is 0. The van der Waals surface area contributed by atoms with E-state index >= 15 is 0 Å². The summed E-state index contributed by atoms with van der Waals surface area (Å²) in [6, 6.07) is 0.913. The molecule has 0 saturated carbocycles. The van der Waals surface area contributed by atoms with E-state index in [1.54, 1.807) is 0 Å². The SMILES string of the molecule is CCC.CN1CCC(N2CCCCC2)CC1. The molecule has 2 aliphatic heterocycles. The summed E-state index contributed by atoms with van der Waals surface area (Å²) in [5, 5.41) is 0. The van der Waals surface area contributed by atoms with Crippen molar-refractivity contribution in [1.82, 2.24) is 9.80 Å². The Morgan fingerprint density at radius 2 is 1.38 bits per heavy atom. The lowest BCUT2D eigenvalue weighted by atomic mass is 10.0. The fraction of sp³-hybridized carbons (Fsp3) is 1.00. The third-order valence-electron chi connectivity index (χ3n) is 3.60. The van der Waals surface area contributed by atoms with E-state index in [1.807, 2.05) is 0 Å². The average molecular weight is 226 g/mol. The second-order valence-corrected chi connectivity index (χ2v) is 5.34. The van der Waals surface area contributed by atoms with Gasteiger partial charge in [0.2, 0.25) is 0 Å². The minimum atomic E-state index is 0.913. The van der Waals surface area contributed by atoms with Crippen molar-refractivity contribution in [2.24, 2.45) is 0 Å². The highest BCUT2D eigenvalue weighted by Gasteiger charge is 2.23. The summed E-state index contributed by atoms with van der Waals surface area (Å²) in [7, 11) is 2.24. The lowest BCUT2D eigenvalue weighted by molar-refractivity contribution is 0.103. The molecule has 0 aliphatic carbocycles. The Kier molecular flexibility index (Phi) is 7.06. The van der Waals surface area contributed by atoms with Gasteiger partial charge in [0.05, 0.1) is 0 Å². The first-order valence-electron chi connectivity index (χ1n) is 7.20. The van der Waals surface area contributed by atoms with Crippen LogP contribution in [0.3, 0.4) is 0 Å². The topological polar surface area (TPSA) is 6.48 Å². The van der Waals surface area contributed by atoms with Crippen molar-refractivity contribution in [3.63, 3.8) is 0 Å². The largest absolute Gasteiger partial charge is 0.306 e. The van der Waals surface area contributed by atoms with Gasteiger partial charge in [-0.15, -0.1) is 0 Å². The smallest absolute Gasteiger partial charge is 0.0120 e. The number of nitrogens with zero attached hydrogens (tertiary/aromatic N) is 2. The van der Waals surface area contributed by atoms with Gasteiger partial charge in [0.1, 0.15) is 0 Å². The minimum absolute atomic E-state index is 0.913. The van der Waals surface area contributed by atoms with Crippen LogP contribution >= 0.6 is 0 Å². The van der Waals surface area contributed by atoms with Crippen molar-refractivity contribution in [2.75, 3.05) is 33.2 Å². The van der Waals surface area contributed by atoms with E-state index in [2.05, 4.69) is 30.7 Å². The molecule has 0 amide bonds. The van der Waals surface area contributed by atoms with Gasteiger partial charge in [-0.1, -0.05) is 26.7 Å². The van der Waals surface area contributed by atoms with Crippen LogP contribution in [0, 0.1) is 0 Å². The highest BCUT2D eigenvalue weighted by Crippen LogP contribution is 2.19. The van der Waals surface area contributed by atoms with Crippen LogP contribution in [-0.2, 0) is 0 Å². The first-order valence-corrected chi connectivity index (χ1v) is 7.20. The first kappa shape index (κ1) is 14.0. The van der Waals surface area contributed by atoms with Crippen LogP contribution in [0.2, 0.25) is 0 Å². The molecule has 0 aromatic carbocycles. The average Bonchev–Trinajstić information content (AvgIpc) is 2.32. The maximum absolute atomic E-state index is 2.73. The molecule has 2 aliphatic rings. The summed E-state index contributed by atoms with van der Waals surface area (Å²) in [5.74, 6) is 0. The van der Waals surface area contributed by atoms with Crippen molar-refractivity contribution in [1.29, 1.82) is 0 Å². The zero-order chi connectivity index (χ0) is 11.8. The van der Waals surface area contributed by atoms with Gasteiger partial charge in [0.25, 0.3) is 0 Å². The van der Waals surface area contributed by atoms with Gasteiger partial charge in [0, 0.05) is 6.04 Å². The maximum atomic E-state index is 2.73. The van der Waals surface area contributed by atoms with Gasteiger partial charge < -0.3 is 9.80 Å². The van der Waals surface area contributed by atoms with Crippen LogP contribution in [0.15, 0.2) is 0 Å². The Morgan fingerprint density at radius 1 is 0.875 bits per heavy atom. The van der Waals surface area contributed by atoms with Crippen LogP contribution in [0.5, 0.6) is 0 Å². The second kappa shape index (κ2) is 8.08. The Balaban J connectivity index is 0.000000386. The Bertz CT molecular complexity index is 156. The van der Waals surface area contributed by atoms with Crippen LogP contribution in [0.1, 0.15) is 52.4 Å². The molecular formula is C14H30N2. The Morgan fingerprint density at radius 3 is 1.88 bits per heavy atom. The van der Waals surface area contributed by atoms with E-state index in [-0.39, 0.29) is 0 Å². The molecule has 0 bridgehead atoms. The number of hydrogen-bond acceptors (Lipinski definition) is 2. The third-order valence-corrected chi connectivity index (χ3v) is 3.60. The molecule has 0 atom stereocenters. The quantitative estimate of drug-likeness (QED) is 0.678. The molecular weight excluding hydrogens is 196 g/mol. The molecule has 2 saturated heterocycles. The van der Waals surface area contributed by atoms with E-state index in [4.69, 9.17) is 0 Å². The van der Waals surface area contributed by atoms with Crippen molar-refractivity contribution in [3.8, 4) is 0 Å². The summed E-state index contributed by atoms with van der Waals surface area (Å²) in [6.45, 7) is 9.60. The highest BCUT2D eigenvalue weighted by molar-refractivity contribution is 4.80. The fourth-order valence-electron chi connectivity index (χ4n) is 2.64. The molecule has 2 fully saturated rings. The molecule has 96 valence electrons. The van der Waals surface area contributed by atoms with Gasteiger partial charge in [0.15, 0.2) is 0 Å². The van der Waals surface area contributed by atoms with Gasteiger partial charge in [-0.25, -0.2) is 0 Å². The lowest BCUT2D eigenvalue weighted by Crippen LogP contribution is -2.45. The van der Waals surface area contributed by atoms with Crippen LogP contribution < -0.4 is 0 Å². The Labute approximate surface area is 102 Å². The van der Waals surface area contributed by atoms with E-state index in [1.165, 1.54) is 64.7 Å². The predicted octanol–water partition coefficient (Wildman–Crippen LogP) is 2.98. The van der Waals surface area contributed by atoms with E-state index < -0.39 is 0 Å². The van der Waals surface area contributed by atoms with Crippen molar-refractivity contribution in [3.05, 3.63) is 0 Å². The van der Waals surface area contributed by atoms with Gasteiger partial charge in [-0.2, -0.15) is 0 Å². The van der Waals surface area contributed by atoms with Gasteiger partial charge >= 0.3 is 0 Å². The highest BCUT2D eigenvalue weighted by atomic mass is 15.2. The molecule has 0 aromatic heterocycles. The molecule has 2 heterocycles. The standard InChI is InChI=1S/C11H22N2.C3H8/c1-12-9-5-11(6-10-12)13-7-3-2-4-8-13;1-3-2/h11H,2-10H2,1H3;3H2,1-2H3. The first-order chi connectivity index (χ1) is 7.77. The van der Waals surface area contributed by atoms with Crippen LogP contribution in [0.4, 0.5) is 0 Å². The zero-order valence-electron chi connectivity index (χ0n) is 11.5. The van der Waals surface area contributed by atoms with E-state index in [0.29, 0.717) is 0 Å². The van der Waals surface area contributed by atoms with E-state index in [0.717, 1.165) is 6.04 Å². The number of piperidine rings is 2. The molecule has 0 spiro atoms. The van der Waals surface area contributed by atoms with Crippen LogP contribution in [-0.4, -0.2) is 49.1 Å². The minimum Gasteiger partial charge on any atom is -0.306 e. The molecule has 0 unspecified atom stereocenters. The zero-order valence-corrected chi connectivity index (χ0v) is 11.5. The normalized spacial score (nSPS) is 24.9. The third kappa shape index (κ3) is 4.84. The van der Waals surface area contributed by atoms with Crippen LogP contribution in [0.25, 0.3) is 0 Å².